The molecule has 0 aliphatic heterocycles. The summed E-state index contributed by atoms with van der Waals surface area (Å²) in [4.78, 5) is 0. The van der Waals surface area contributed by atoms with E-state index in [1.54, 1.807) is 0 Å². The highest BCUT2D eigenvalue weighted by atomic mass is 79.9. The highest BCUT2D eigenvalue weighted by molar-refractivity contribution is 9.10. The van der Waals surface area contributed by atoms with E-state index in [1.807, 2.05) is 12.1 Å². The van der Waals surface area contributed by atoms with Gasteiger partial charge in [0.05, 0.1) is 5.02 Å². The van der Waals surface area contributed by atoms with Crippen LogP contribution >= 0.6 is 27.5 Å². The fraction of sp³-hybridized carbons (Fsp3) is 0.250. The van der Waals surface area contributed by atoms with E-state index < -0.39 is 0 Å². The summed E-state index contributed by atoms with van der Waals surface area (Å²) in [5.41, 5.74) is 3.81. The van der Waals surface area contributed by atoms with Crippen LogP contribution in [0.3, 0.4) is 0 Å². The number of benzene rings is 2. The van der Waals surface area contributed by atoms with Crippen molar-refractivity contribution < 1.29 is 0 Å². The predicted molar refractivity (Wildman–Crippen MR) is 85.6 cm³/mol. The van der Waals surface area contributed by atoms with Crippen LogP contribution in [0.2, 0.25) is 5.02 Å². The summed E-state index contributed by atoms with van der Waals surface area (Å²) in [6.45, 7) is 5.10. The topological polar surface area (TPSA) is 12.0 Å². The van der Waals surface area contributed by atoms with Gasteiger partial charge in [0.15, 0.2) is 0 Å². The molecule has 2 aromatic carbocycles. The molecule has 0 fully saturated rings. The summed E-state index contributed by atoms with van der Waals surface area (Å²) in [5, 5.41) is 4.26. The van der Waals surface area contributed by atoms with Gasteiger partial charge in [-0.2, -0.15) is 0 Å². The lowest BCUT2D eigenvalue weighted by Gasteiger charge is -2.15. The second kappa shape index (κ2) is 6.56. The third-order valence-electron chi connectivity index (χ3n) is 3.17. The molecule has 0 amide bonds. The van der Waals surface area contributed by atoms with Gasteiger partial charge in [0, 0.05) is 17.1 Å². The van der Waals surface area contributed by atoms with E-state index in [1.165, 1.54) is 16.7 Å². The number of hydrogen-bond donors (Lipinski definition) is 1. The SMILES string of the molecule is Cc1ccc([C@@H](C)NCc2ccc(Cl)c(Br)c2)cc1. The van der Waals surface area contributed by atoms with Gasteiger partial charge in [0.1, 0.15) is 0 Å². The molecular weight excluding hydrogens is 322 g/mol. The quantitative estimate of drug-likeness (QED) is 0.801. The van der Waals surface area contributed by atoms with Crippen molar-refractivity contribution in [2.24, 2.45) is 0 Å². The molecule has 2 rings (SSSR count). The summed E-state index contributed by atoms with van der Waals surface area (Å²) in [6, 6.07) is 15.0. The van der Waals surface area contributed by atoms with E-state index in [2.05, 4.69) is 65.4 Å². The van der Waals surface area contributed by atoms with Gasteiger partial charge in [0.2, 0.25) is 0 Å². The van der Waals surface area contributed by atoms with E-state index in [0.717, 1.165) is 16.0 Å². The van der Waals surface area contributed by atoms with Crippen molar-refractivity contribution in [3.8, 4) is 0 Å². The van der Waals surface area contributed by atoms with Crippen molar-refractivity contribution in [2.75, 3.05) is 0 Å². The molecule has 100 valence electrons. The van der Waals surface area contributed by atoms with E-state index >= 15 is 0 Å². The molecule has 2 aromatic rings. The summed E-state index contributed by atoms with van der Waals surface area (Å²) in [6.07, 6.45) is 0. The molecular formula is C16H17BrClN. The second-order valence-corrected chi connectivity index (χ2v) is 6.02. The summed E-state index contributed by atoms with van der Waals surface area (Å²) in [7, 11) is 0. The van der Waals surface area contributed by atoms with Gasteiger partial charge in [-0.1, -0.05) is 47.5 Å². The Bertz CT molecular complexity index is 551. The molecule has 0 saturated heterocycles. The Kier molecular flexibility index (Phi) is 5.03. The minimum absolute atomic E-state index is 0.329. The molecule has 0 aliphatic carbocycles. The second-order valence-electron chi connectivity index (χ2n) is 4.76. The van der Waals surface area contributed by atoms with Crippen molar-refractivity contribution >= 4 is 27.5 Å². The monoisotopic (exact) mass is 337 g/mol. The Balaban J connectivity index is 1.98. The van der Waals surface area contributed by atoms with Crippen molar-refractivity contribution in [3.05, 3.63) is 68.7 Å². The molecule has 0 spiro atoms. The first-order chi connectivity index (χ1) is 9.06. The molecule has 0 bridgehead atoms. The zero-order valence-electron chi connectivity index (χ0n) is 11.1. The molecule has 0 saturated carbocycles. The highest BCUT2D eigenvalue weighted by Crippen LogP contribution is 2.23. The molecule has 0 heterocycles. The van der Waals surface area contributed by atoms with Crippen LogP contribution < -0.4 is 5.32 Å². The molecule has 0 unspecified atom stereocenters. The van der Waals surface area contributed by atoms with E-state index in [9.17, 15) is 0 Å². The summed E-state index contributed by atoms with van der Waals surface area (Å²) in [5.74, 6) is 0. The normalized spacial score (nSPS) is 12.4. The molecule has 1 N–H and O–H groups in total. The minimum Gasteiger partial charge on any atom is -0.306 e. The molecule has 1 nitrogen and oxygen atoms in total. The van der Waals surface area contributed by atoms with Crippen LogP contribution in [0, 0.1) is 6.92 Å². The van der Waals surface area contributed by atoms with Crippen LogP contribution in [0.15, 0.2) is 46.9 Å². The third-order valence-corrected chi connectivity index (χ3v) is 4.39. The molecule has 19 heavy (non-hydrogen) atoms. The number of halogens is 2. The Hall–Kier alpha value is -0.830. The van der Waals surface area contributed by atoms with Gasteiger partial charge in [-0.05, 0) is 53.0 Å². The molecule has 0 radical (unpaired) electrons. The molecule has 0 aromatic heterocycles. The van der Waals surface area contributed by atoms with Gasteiger partial charge in [-0.15, -0.1) is 0 Å². The van der Waals surface area contributed by atoms with E-state index in [-0.39, 0.29) is 0 Å². The van der Waals surface area contributed by atoms with Gasteiger partial charge in [-0.25, -0.2) is 0 Å². The number of hydrogen-bond acceptors (Lipinski definition) is 1. The first kappa shape index (κ1) is 14.6. The average molecular weight is 339 g/mol. The van der Waals surface area contributed by atoms with Gasteiger partial charge >= 0.3 is 0 Å². The van der Waals surface area contributed by atoms with Crippen LogP contribution in [0.5, 0.6) is 0 Å². The van der Waals surface area contributed by atoms with Crippen LogP contribution in [0.4, 0.5) is 0 Å². The van der Waals surface area contributed by atoms with Crippen LogP contribution in [-0.4, -0.2) is 0 Å². The van der Waals surface area contributed by atoms with Crippen molar-refractivity contribution in [3.63, 3.8) is 0 Å². The number of nitrogens with one attached hydrogen (secondary N) is 1. The zero-order valence-corrected chi connectivity index (χ0v) is 13.4. The largest absolute Gasteiger partial charge is 0.306 e. The third kappa shape index (κ3) is 4.07. The van der Waals surface area contributed by atoms with Gasteiger partial charge < -0.3 is 5.32 Å². The van der Waals surface area contributed by atoms with Crippen LogP contribution in [0.1, 0.15) is 29.7 Å². The smallest absolute Gasteiger partial charge is 0.0548 e. The first-order valence-corrected chi connectivity index (χ1v) is 7.47. The lowest BCUT2D eigenvalue weighted by atomic mass is 10.1. The lowest BCUT2D eigenvalue weighted by Crippen LogP contribution is -2.18. The fourth-order valence-electron chi connectivity index (χ4n) is 1.89. The maximum atomic E-state index is 5.99. The Morgan fingerprint density at radius 3 is 2.47 bits per heavy atom. The predicted octanol–water partition coefficient (Wildman–Crippen LogP) is 5.26. The van der Waals surface area contributed by atoms with Gasteiger partial charge in [-0.3, -0.25) is 0 Å². The van der Waals surface area contributed by atoms with Crippen LogP contribution in [-0.2, 0) is 6.54 Å². The van der Waals surface area contributed by atoms with Crippen molar-refractivity contribution in [1.82, 2.24) is 5.32 Å². The van der Waals surface area contributed by atoms with Crippen LogP contribution in [0.25, 0.3) is 0 Å². The Morgan fingerprint density at radius 2 is 1.84 bits per heavy atom. The summed E-state index contributed by atoms with van der Waals surface area (Å²) >= 11 is 9.43. The molecule has 0 aliphatic rings. The summed E-state index contributed by atoms with van der Waals surface area (Å²) < 4.78 is 0.941. The van der Waals surface area contributed by atoms with E-state index in [0.29, 0.717) is 6.04 Å². The molecule has 1 atom stereocenters. The lowest BCUT2D eigenvalue weighted by molar-refractivity contribution is 0.574. The maximum absolute atomic E-state index is 5.99. The average Bonchev–Trinajstić information content (AvgIpc) is 2.40. The minimum atomic E-state index is 0.329. The van der Waals surface area contributed by atoms with Crippen molar-refractivity contribution in [2.45, 2.75) is 26.4 Å². The first-order valence-electron chi connectivity index (χ1n) is 6.30. The Labute approximate surface area is 128 Å². The standard InChI is InChI=1S/C16H17BrClN/c1-11-3-6-14(7-4-11)12(2)19-10-13-5-8-16(18)15(17)9-13/h3-9,12,19H,10H2,1-2H3/t12-/m1/s1. The number of aryl methyl sites for hydroxylation is 1. The van der Waals surface area contributed by atoms with E-state index in [4.69, 9.17) is 11.6 Å². The highest BCUT2D eigenvalue weighted by Gasteiger charge is 2.05. The maximum Gasteiger partial charge on any atom is 0.0548 e. The van der Waals surface area contributed by atoms with Gasteiger partial charge in [0.25, 0.3) is 0 Å². The fourth-order valence-corrected chi connectivity index (χ4v) is 2.44. The molecule has 3 heteroatoms. The zero-order chi connectivity index (χ0) is 13.8. The Morgan fingerprint density at radius 1 is 1.16 bits per heavy atom. The van der Waals surface area contributed by atoms with Crippen molar-refractivity contribution in [1.29, 1.82) is 0 Å². The number of rotatable bonds is 4.